The highest BCUT2D eigenvalue weighted by molar-refractivity contribution is 7.15. The van der Waals surface area contributed by atoms with E-state index in [0.29, 0.717) is 25.3 Å². The number of carbonyl (C=O) groups is 2. The van der Waals surface area contributed by atoms with Gasteiger partial charge in [-0.1, -0.05) is 29.5 Å². The van der Waals surface area contributed by atoms with Crippen LogP contribution in [0.3, 0.4) is 0 Å². The Kier molecular flexibility index (Phi) is 6.83. The largest absolute Gasteiger partial charge is 0.379 e. The molecule has 0 bridgehead atoms. The average Bonchev–Trinajstić information content (AvgIpc) is 3.05. The van der Waals surface area contributed by atoms with Crippen molar-refractivity contribution in [3.05, 3.63) is 40.3 Å². The molecule has 0 saturated carbocycles. The molecule has 2 N–H and O–H groups in total. The first-order valence-electron chi connectivity index (χ1n) is 7.66. The number of amides is 2. The first kappa shape index (κ1) is 18.0. The molecule has 0 fully saturated rings. The number of aromatic nitrogens is 2. The maximum Gasteiger partial charge on any atom is 0.286 e. The summed E-state index contributed by atoms with van der Waals surface area (Å²) in [5, 5.41) is 13.3. The SMILES string of the molecule is CC(C)OCCCNC(=O)c1nnc(C(=O)Nc2ccccc2)s1. The topological polar surface area (TPSA) is 93.2 Å². The molecule has 2 aromatic rings. The fourth-order valence-electron chi connectivity index (χ4n) is 1.78. The lowest BCUT2D eigenvalue weighted by Gasteiger charge is -2.07. The van der Waals surface area contributed by atoms with Crippen LogP contribution in [0.1, 0.15) is 39.9 Å². The number of rotatable bonds is 8. The Hall–Kier alpha value is -2.32. The molecule has 8 heteroatoms. The van der Waals surface area contributed by atoms with Gasteiger partial charge in [-0.3, -0.25) is 9.59 Å². The molecule has 1 aromatic carbocycles. The van der Waals surface area contributed by atoms with Gasteiger partial charge in [0.2, 0.25) is 10.0 Å². The molecule has 0 atom stereocenters. The quantitative estimate of drug-likeness (QED) is 0.714. The summed E-state index contributed by atoms with van der Waals surface area (Å²) in [5.74, 6) is -0.723. The molecule has 0 saturated heterocycles. The van der Waals surface area contributed by atoms with Crippen LogP contribution in [0.5, 0.6) is 0 Å². The van der Waals surface area contributed by atoms with Crippen LogP contribution in [0.15, 0.2) is 30.3 Å². The molecule has 0 aliphatic rings. The van der Waals surface area contributed by atoms with Crippen molar-refractivity contribution in [1.82, 2.24) is 15.5 Å². The van der Waals surface area contributed by atoms with E-state index < -0.39 is 0 Å². The summed E-state index contributed by atoms with van der Waals surface area (Å²) in [5.41, 5.74) is 0.661. The third-order valence-electron chi connectivity index (χ3n) is 2.90. The van der Waals surface area contributed by atoms with Gasteiger partial charge in [-0.05, 0) is 32.4 Å². The van der Waals surface area contributed by atoms with Crippen LogP contribution in [-0.4, -0.2) is 41.3 Å². The highest BCUT2D eigenvalue weighted by atomic mass is 32.1. The van der Waals surface area contributed by atoms with Crippen LogP contribution >= 0.6 is 11.3 Å². The van der Waals surface area contributed by atoms with Crippen molar-refractivity contribution in [3.63, 3.8) is 0 Å². The Labute approximate surface area is 144 Å². The minimum atomic E-state index is -0.386. The van der Waals surface area contributed by atoms with Crippen LogP contribution in [0.4, 0.5) is 5.69 Å². The summed E-state index contributed by atoms with van der Waals surface area (Å²) < 4.78 is 5.39. The number of nitrogens with zero attached hydrogens (tertiary/aromatic N) is 2. The van der Waals surface area contributed by atoms with Crippen molar-refractivity contribution < 1.29 is 14.3 Å². The molecule has 7 nitrogen and oxygen atoms in total. The molecule has 1 aromatic heterocycles. The van der Waals surface area contributed by atoms with Gasteiger partial charge in [0, 0.05) is 18.8 Å². The van der Waals surface area contributed by atoms with Crippen LogP contribution in [0, 0.1) is 0 Å². The summed E-state index contributed by atoms with van der Waals surface area (Å²) in [4.78, 5) is 24.0. The lowest BCUT2D eigenvalue weighted by molar-refractivity contribution is 0.0757. The van der Waals surface area contributed by atoms with E-state index in [1.54, 1.807) is 12.1 Å². The van der Waals surface area contributed by atoms with E-state index in [0.717, 1.165) is 11.3 Å². The minimum absolute atomic E-state index is 0.146. The third-order valence-corrected chi connectivity index (χ3v) is 3.82. The first-order chi connectivity index (χ1) is 11.6. The van der Waals surface area contributed by atoms with Crippen LogP contribution in [-0.2, 0) is 4.74 Å². The average molecular weight is 348 g/mol. The normalized spacial score (nSPS) is 10.6. The Morgan fingerprint density at radius 2 is 1.79 bits per heavy atom. The number of carbonyl (C=O) groups excluding carboxylic acids is 2. The zero-order valence-corrected chi connectivity index (χ0v) is 14.4. The molecule has 0 spiro atoms. The Morgan fingerprint density at radius 1 is 1.12 bits per heavy atom. The molecule has 0 aliphatic carbocycles. The summed E-state index contributed by atoms with van der Waals surface area (Å²) in [6, 6.07) is 9.03. The van der Waals surface area contributed by atoms with Crippen molar-refractivity contribution in [2.45, 2.75) is 26.4 Å². The van der Waals surface area contributed by atoms with Crippen LogP contribution < -0.4 is 10.6 Å². The molecule has 0 aliphatic heterocycles. The van der Waals surface area contributed by atoms with Gasteiger partial charge in [0.25, 0.3) is 11.8 Å². The van der Waals surface area contributed by atoms with Gasteiger partial charge >= 0.3 is 0 Å². The molecule has 0 radical (unpaired) electrons. The van der Waals surface area contributed by atoms with Gasteiger partial charge in [0.1, 0.15) is 0 Å². The summed E-state index contributed by atoms with van der Waals surface area (Å²) in [6.45, 7) is 4.99. The van der Waals surface area contributed by atoms with Gasteiger partial charge in [-0.15, -0.1) is 10.2 Å². The Balaban J connectivity index is 1.81. The van der Waals surface area contributed by atoms with Gasteiger partial charge in [-0.25, -0.2) is 0 Å². The van der Waals surface area contributed by atoms with E-state index >= 15 is 0 Å². The second-order valence-electron chi connectivity index (χ2n) is 5.26. The second kappa shape index (κ2) is 9.09. The highest BCUT2D eigenvalue weighted by Crippen LogP contribution is 2.13. The second-order valence-corrected chi connectivity index (χ2v) is 6.24. The van der Waals surface area contributed by atoms with Crippen molar-refractivity contribution in [1.29, 1.82) is 0 Å². The molecule has 24 heavy (non-hydrogen) atoms. The fourth-order valence-corrected chi connectivity index (χ4v) is 2.44. The molecule has 128 valence electrons. The smallest absolute Gasteiger partial charge is 0.286 e. The van der Waals surface area contributed by atoms with E-state index in [1.807, 2.05) is 32.0 Å². The van der Waals surface area contributed by atoms with Gasteiger partial charge in [-0.2, -0.15) is 0 Å². The monoisotopic (exact) mass is 348 g/mol. The minimum Gasteiger partial charge on any atom is -0.379 e. The Morgan fingerprint density at radius 3 is 2.46 bits per heavy atom. The van der Waals surface area contributed by atoms with E-state index in [4.69, 9.17) is 4.74 Å². The third kappa shape index (κ3) is 5.71. The van der Waals surface area contributed by atoms with E-state index in [-0.39, 0.29) is 27.9 Å². The molecule has 2 rings (SSSR count). The van der Waals surface area contributed by atoms with Gasteiger partial charge in [0.05, 0.1) is 6.10 Å². The van der Waals surface area contributed by atoms with Gasteiger partial charge in [0.15, 0.2) is 0 Å². The summed E-state index contributed by atoms with van der Waals surface area (Å²) >= 11 is 0.959. The number of para-hydroxylation sites is 1. The zero-order chi connectivity index (χ0) is 17.4. The zero-order valence-electron chi connectivity index (χ0n) is 13.6. The lowest BCUT2D eigenvalue weighted by Crippen LogP contribution is -2.25. The number of hydrogen-bond acceptors (Lipinski definition) is 6. The van der Waals surface area contributed by atoms with E-state index in [9.17, 15) is 9.59 Å². The van der Waals surface area contributed by atoms with Crippen molar-refractivity contribution >= 4 is 28.8 Å². The molecular weight excluding hydrogens is 328 g/mol. The number of hydrogen-bond donors (Lipinski definition) is 2. The van der Waals surface area contributed by atoms with E-state index in [1.165, 1.54) is 0 Å². The number of nitrogens with one attached hydrogen (secondary N) is 2. The first-order valence-corrected chi connectivity index (χ1v) is 8.47. The summed E-state index contributed by atoms with van der Waals surface area (Å²) in [6.07, 6.45) is 0.888. The van der Waals surface area contributed by atoms with Crippen LogP contribution in [0.2, 0.25) is 0 Å². The maximum atomic E-state index is 12.1. The molecule has 2 amide bonds. The molecule has 0 unspecified atom stereocenters. The number of anilines is 1. The van der Waals surface area contributed by atoms with Gasteiger partial charge < -0.3 is 15.4 Å². The van der Waals surface area contributed by atoms with Crippen LogP contribution in [0.25, 0.3) is 0 Å². The summed E-state index contributed by atoms with van der Waals surface area (Å²) in [7, 11) is 0. The van der Waals surface area contributed by atoms with Crippen molar-refractivity contribution in [3.8, 4) is 0 Å². The number of benzene rings is 1. The predicted octanol–water partition coefficient (Wildman–Crippen LogP) is 2.34. The molecular formula is C16H20N4O3S. The highest BCUT2D eigenvalue weighted by Gasteiger charge is 2.17. The van der Waals surface area contributed by atoms with Crippen molar-refractivity contribution in [2.24, 2.45) is 0 Å². The van der Waals surface area contributed by atoms with E-state index in [2.05, 4.69) is 20.8 Å². The Bertz CT molecular complexity index is 673. The fraction of sp³-hybridized carbons (Fsp3) is 0.375. The standard InChI is InChI=1S/C16H20N4O3S/c1-11(2)23-10-6-9-17-13(21)15-19-20-16(24-15)14(22)18-12-7-4-3-5-8-12/h3-5,7-8,11H,6,9-10H2,1-2H3,(H,17,21)(H,18,22). The predicted molar refractivity (Wildman–Crippen MR) is 92.3 cm³/mol. The molecule has 1 heterocycles. The van der Waals surface area contributed by atoms with Crippen molar-refractivity contribution in [2.75, 3.05) is 18.5 Å². The number of ether oxygens (including phenoxy) is 1. The lowest BCUT2D eigenvalue weighted by atomic mass is 10.3. The maximum absolute atomic E-state index is 12.1.